The average Bonchev–Trinajstić information content (AvgIpc) is 2.85. The van der Waals surface area contributed by atoms with Gasteiger partial charge in [0.15, 0.2) is 5.13 Å². The van der Waals surface area contributed by atoms with Gasteiger partial charge in [0.05, 0.1) is 10.4 Å². The molecule has 1 aromatic heterocycles. The minimum absolute atomic E-state index is 0.0450. The van der Waals surface area contributed by atoms with Crippen molar-refractivity contribution in [3.63, 3.8) is 0 Å². The fraction of sp³-hybridized carbons (Fsp3) is 0.231. The van der Waals surface area contributed by atoms with Gasteiger partial charge in [0.2, 0.25) is 5.88 Å². The molecule has 0 saturated heterocycles. The number of nitrogens with zero attached hydrogens (tertiary/aromatic N) is 1. The summed E-state index contributed by atoms with van der Waals surface area (Å²) in [7, 11) is -3.84. The van der Waals surface area contributed by atoms with E-state index in [4.69, 9.17) is 16.3 Å². The highest BCUT2D eigenvalue weighted by Crippen LogP contribution is 2.27. The molecule has 1 heterocycles. The van der Waals surface area contributed by atoms with E-state index in [9.17, 15) is 13.2 Å². The number of sulfonamides is 1. The van der Waals surface area contributed by atoms with Crippen LogP contribution in [0.3, 0.4) is 0 Å². The fourth-order valence-corrected chi connectivity index (χ4v) is 3.94. The second-order valence-electron chi connectivity index (χ2n) is 4.25. The number of anilines is 1. The largest absolute Gasteiger partial charge is 0.406 e. The number of rotatable bonds is 6. The summed E-state index contributed by atoms with van der Waals surface area (Å²) in [6.45, 7) is 1.85. The summed E-state index contributed by atoms with van der Waals surface area (Å²) in [6, 6.07) is 6.08. The number of halogens is 1. The van der Waals surface area contributed by atoms with Crippen molar-refractivity contribution in [2.75, 3.05) is 4.72 Å². The topological polar surface area (TPSA) is 85.4 Å². The zero-order valence-electron chi connectivity index (χ0n) is 11.6. The molecule has 0 aliphatic rings. The summed E-state index contributed by atoms with van der Waals surface area (Å²) in [5.74, 6) is -0.339. The predicted octanol–water partition coefficient (Wildman–Crippen LogP) is 3.30. The number of ether oxygens (including phenoxy) is 1. The molecular formula is C13H13ClN2O4S2. The van der Waals surface area contributed by atoms with Gasteiger partial charge in [0.1, 0.15) is 4.90 Å². The summed E-state index contributed by atoms with van der Waals surface area (Å²) in [6.07, 6.45) is 0.938. The van der Waals surface area contributed by atoms with E-state index in [1.165, 1.54) is 17.5 Å². The molecule has 0 amide bonds. The molecule has 118 valence electrons. The highest BCUT2D eigenvalue weighted by molar-refractivity contribution is 7.93. The van der Waals surface area contributed by atoms with Gasteiger partial charge < -0.3 is 4.74 Å². The second kappa shape index (κ2) is 7.08. The molecule has 0 fully saturated rings. The molecule has 0 bridgehead atoms. The van der Waals surface area contributed by atoms with E-state index in [0.29, 0.717) is 6.42 Å². The Labute approximate surface area is 137 Å². The molecule has 22 heavy (non-hydrogen) atoms. The van der Waals surface area contributed by atoms with Crippen molar-refractivity contribution in [2.24, 2.45) is 0 Å². The maximum Gasteiger partial charge on any atom is 0.312 e. The van der Waals surface area contributed by atoms with Crippen molar-refractivity contribution in [1.82, 2.24) is 4.98 Å². The third-order valence-corrected chi connectivity index (χ3v) is 5.21. The average molecular weight is 361 g/mol. The fourth-order valence-electron chi connectivity index (χ4n) is 1.56. The number of hydrogen-bond acceptors (Lipinski definition) is 6. The zero-order valence-corrected chi connectivity index (χ0v) is 14.0. The van der Waals surface area contributed by atoms with E-state index in [1.807, 2.05) is 6.92 Å². The molecule has 0 saturated carbocycles. The number of thiazole rings is 1. The van der Waals surface area contributed by atoms with Crippen LogP contribution >= 0.6 is 22.9 Å². The molecule has 1 aromatic carbocycles. The SMILES string of the molecule is CCCC(=O)Oc1csc(NS(=O)(=O)c2ccccc2Cl)n1. The molecule has 0 spiro atoms. The number of hydrogen-bond donors (Lipinski definition) is 1. The van der Waals surface area contributed by atoms with Crippen molar-refractivity contribution in [2.45, 2.75) is 24.7 Å². The normalized spacial score (nSPS) is 11.2. The maximum absolute atomic E-state index is 12.2. The van der Waals surface area contributed by atoms with Gasteiger partial charge in [-0.05, 0) is 18.6 Å². The van der Waals surface area contributed by atoms with Crippen LogP contribution in [-0.4, -0.2) is 19.4 Å². The first kappa shape index (κ1) is 16.7. The number of nitrogens with one attached hydrogen (secondary N) is 1. The van der Waals surface area contributed by atoms with Crippen LogP contribution in [0, 0.1) is 0 Å². The standard InChI is InChI=1S/C13H13ClN2O4S2/c1-2-5-12(17)20-11-8-21-13(15-11)16-22(18,19)10-7-4-3-6-9(10)14/h3-4,6-8H,2,5H2,1H3,(H,15,16). The van der Waals surface area contributed by atoms with Crippen LogP contribution in [0.4, 0.5) is 5.13 Å². The first-order chi connectivity index (χ1) is 10.4. The summed E-state index contributed by atoms with van der Waals surface area (Å²) in [5, 5.41) is 1.67. The lowest BCUT2D eigenvalue weighted by Gasteiger charge is -2.06. The Kier molecular flexibility index (Phi) is 5.38. The van der Waals surface area contributed by atoms with E-state index in [1.54, 1.807) is 12.1 Å². The van der Waals surface area contributed by atoms with Gasteiger partial charge in [-0.15, -0.1) is 11.3 Å². The Hall–Kier alpha value is -1.64. The molecule has 0 radical (unpaired) electrons. The van der Waals surface area contributed by atoms with Crippen LogP contribution in [0.5, 0.6) is 5.88 Å². The number of carbonyl (C=O) groups excluding carboxylic acids is 1. The lowest BCUT2D eigenvalue weighted by atomic mass is 10.3. The van der Waals surface area contributed by atoms with Crippen LogP contribution in [0.25, 0.3) is 0 Å². The molecule has 2 rings (SSSR count). The Morgan fingerprint density at radius 3 is 2.82 bits per heavy atom. The van der Waals surface area contributed by atoms with Crippen LogP contribution in [-0.2, 0) is 14.8 Å². The Bertz CT molecular complexity index is 774. The zero-order chi connectivity index (χ0) is 16.2. The smallest absolute Gasteiger partial charge is 0.312 e. The maximum atomic E-state index is 12.2. The number of aromatic nitrogens is 1. The first-order valence-electron chi connectivity index (χ1n) is 6.36. The second-order valence-corrected chi connectivity index (χ2v) is 7.17. The molecule has 9 heteroatoms. The minimum atomic E-state index is -3.84. The molecule has 0 atom stereocenters. The van der Waals surface area contributed by atoms with Gasteiger partial charge in [-0.1, -0.05) is 30.7 Å². The highest BCUT2D eigenvalue weighted by Gasteiger charge is 2.19. The summed E-state index contributed by atoms with van der Waals surface area (Å²) < 4.78 is 31.7. The third kappa shape index (κ3) is 4.19. The number of benzene rings is 1. The van der Waals surface area contributed by atoms with Gasteiger partial charge >= 0.3 is 5.97 Å². The molecular weight excluding hydrogens is 348 g/mol. The molecule has 2 aromatic rings. The van der Waals surface area contributed by atoms with Crippen LogP contribution in [0.1, 0.15) is 19.8 Å². The Morgan fingerprint density at radius 2 is 2.14 bits per heavy atom. The van der Waals surface area contributed by atoms with Gasteiger partial charge in [-0.2, -0.15) is 4.98 Å². The van der Waals surface area contributed by atoms with E-state index in [2.05, 4.69) is 9.71 Å². The third-order valence-electron chi connectivity index (χ3n) is 2.50. The van der Waals surface area contributed by atoms with Crippen molar-refractivity contribution in [3.05, 3.63) is 34.7 Å². The summed E-state index contributed by atoms with van der Waals surface area (Å²) in [5.41, 5.74) is 0. The highest BCUT2D eigenvalue weighted by atomic mass is 35.5. The van der Waals surface area contributed by atoms with E-state index >= 15 is 0 Å². The van der Waals surface area contributed by atoms with Gasteiger partial charge in [0, 0.05) is 6.42 Å². The molecule has 1 N–H and O–H groups in total. The Balaban J connectivity index is 2.13. The quantitative estimate of drug-likeness (QED) is 0.799. The summed E-state index contributed by atoms with van der Waals surface area (Å²) >= 11 is 6.89. The molecule has 6 nitrogen and oxygen atoms in total. The van der Waals surface area contributed by atoms with Gasteiger partial charge in [-0.25, -0.2) is 8.42 Å². The minimum Gasteiger partial charge on any atom is -0.406 e. The van der Waals surface area contributed by atoms with Crippen molar-refractivity contribution < 1.29 is 17.9 Å². The summed E-state index contributed by atoms with van der Waals surface area (Å²) in [4.78, 5) is 15.2. The predicted molar refractivity (Wildman–Crippen MR) is 84.9 cm³/mol. The lowest BCUT2D eigenvalue weighted by molar-refractivity contribution is -0.134. The van der Waals surface area contributed by atoms with E-state index in [0.717, 1.165) is 11.3 Å². The monoisotopic (exact) mass is 360 g/mol. The van der Waals surface area contributed by atoms with Crippen molar-refractivity contribution >= 4 is 44.1 Å². The number of esters is 1. The number of carbonyl (C=O) groups is 1. The van der Waals surface area contributed by atoms with Crippen LogP contribution < -0.4 is 9.46 Å². The van der Waals surface area contributed by atoms with Crippen molar-refractivity contribution in [3.8, 4) is 5.88 Å². The molecule has 0 unspecified atom stereocenters. The molecule has 0 aliphatic heterocycles. The van der Waals surface area contributed by atoms with Crippen molar-refractivity contribution in [1.29, 1.82) is 0 Å². The molecule has 0 aliphatic carbocycles. The van der Waals surface area contributed by atoms with E-state index in [-0.39, 0.29) is 27.4 Å². The van der Waals surface area contributed by atoms with Gasteiger partial charge in [0.25, 0.3) is 10.0 Å². The van der Waals surface area contributed by atoms with Crippen LogP contribution in [0.15, 0.2) is 34.5 Å². The lowest BCUT2D eigenvalue weighted by Crippen LogP contribution is -2.13. The van der Waals surface area contributed by atoms with Gasteiger partial charge in [-0.3, -0.25) is 9.52 Å². The first-order valence-corrected chi connectivity index (χ1v) is 9.10. The van der Waals surface area contributed by atoms with E-state index < -0.39 is 16.0 Å². The van der Waals surface area contributed by atoms with Crippen LogP contribution in [0.2, 0.25) is 5.02 Å². The Morgan fingerprint density at radius 1 is 1.41 bits per heavy atom.